The fraction of sp³-hybridized carbons (Fsp3) is 0.385. The fourth-order valence-electron chi connectivity index (χ4n) is 8.69. The lowest BCUT2D eigenvalue weighted by atomic mass is 10.0. The Hall–Kier alpha value is -5.84. The summed E-state index contributed by atoms with van der Waals surface area (Å²) in [5.41, 5.74) is 6.27. The maximum Gasteiger partial charge on any atom is 0.417 e. The molecule has 2 unspecified atom stereocenters. The normalized spacial score (nSPS) is 16.1. The van der Waals surface area contributed by atoms with E-state index in [0.717, 1.165) is 111 Å². The zero-order chi connectivity index (χ0) is 43.0. The molecule has 0 spiro atoms. The third-order valence-corrected chi connectivity index (χ3v) is 12.6. The zero-order valence-corrected chi connectivity index (χ0v) is 36.8. The second-order valence-electron chi connectivity index (χ2n) is 16.9. The van der Waals surface area contributed by atoms with Crippen LogP contribution >= 0.6 is 0 Å². The van der Waals surface area contributed by atoms with Crippen molar-refractivity contribution in [2.75, 3.05) is 75.2 Å². The van der Waals surface area contributed by atoms with Crippen molar-refractivity contribution in [2.45, 2.75) is 65.6 Å². The number of anilines is 2. The van der Waals surface area contributed by atoms with E-state index in [9.17, 15) is 9.59 Å². The Morgan fingerprint density at radius 2 is 0.903 bits per heavy atom. The van der Waals surface area contributed by atoms with E-state index in [1.807, 2.05) is 13.8 Å². The first-order valence-corrected chi connectivity index (χ1v) is 22.6. The second-order valence-corrected chi connectivity index (χ2v) is 16.9. The molecule has 2 fully saturated rings. The largest absolute Gasteiger partial charge is 0.454 e. The number of carbonyl (C=O) groups is 2. The Morgan fingerprint density at radius 3 is 1.27 bits per heavy atom. The minimum atomic E-state index is -0.951. The molecule has 0 aliphatic carbocycles. The van der Waals surface area contributed by atoms with Gasteiger partial charge in [-0.05, 0) is 86.7 Å². The van der Waals surface area contributed by atoms with Gasteiger partial charge in [-0.1, -0.05) is 111 Å². The maximum absolute atomic E-state index is 12.7. The molecule has 0 bridgehead atoms. The number of ether oxygens (including phenoxy) is 2. The van der Waals surface area contributed by atoms with Gasteiger partial charge in [0.1, 0.15) is 11.6 Å². The quantitative estimate of drug-likeness (QED) is 0.0784. The number of piperazine rings is 2. The number of aryl methyl sites for hydroxylation is 2. The molecular formula is C52H60N6O4. The van der Waals surface area contributed by atoms with Crippen LogP contribution in [-0.4, -0.2) is 109 Å². The molecule has 322 valence electrons. The van der Waals surface area contributed by atoms with E-state index < -0.39 is 24.1 Å². The lowest BCUT2D eigenvalue weighted by molar-refractivity contribution is -0.173. The summed E-state index contributed by atoms with van der Waals surface area (Å²) in [6, 6.07) is 38.2. The topological polar surface area (TPSA) is 91.3 Å². The minimum absolute atomic E-state index is 0.444. The number of esters is 2. The summed E-state index contributed by atoms with van der Waals surface area (Å²) in [5.74, 6) is 0.196. The minimum Gasteiger partial charge on any atom is -0.454 e. The molecule has 2 aromatic heterocycles. The molecule has 2 atom stereocenters. The van der Waals surface area contributed by atoms with Crippen LogP contribution in [0.1, 0.15) is 51.7 Å². The van der Waals surface area contributed by atoms with Gasteiger partial charge in [-0.25, -0.2) is 19.6 Å². The summed E-state index contributed by atoms with van der Waals surface area (Å²) in [5, 5.41) is 4.73. The average molecular weight is 833 g/mol. The maximum atomic E-state index is 12.7. The highest BCUT2D eigenvalue weighted by molar-refractivity contribution is 6.29. The van der Waals surface area contributed by atoms with E-state index in [-0.39, 0.29) is 0 Å². The number of hydrogen-bond donors (Lipinski definition) is 0. The fourth-order valence-corrected chi connectivity index (χ4v) is 8.69. The Kier molecular flexibility index (Phi) is 13.8. The number of likely N-dealkylation sites (N-methyl/N-ethyl adjacent to an activating group) is 2. The monoisotopic (exact) mass is 832 g/mol. The van der Waals surface area contributed by atoms with Gasteiger partial charge in [-0.3, -0.25) is 0 Å². The van der Waals surface area contributed by atoms with Gasteiger partial charge in [-0.2, -0.15) is 0 Å². The van der Waals surface area contributed by atoms with Crippen molar-refractivity contribution < 1.29 is 19.1 Å². The molecule has 0 saturated carbocycles. The molecule has 2 aliphatic heterocycles. The molecule has 10 heteroatoms. The van der Waals surface area contributed by atoms with Crippen molar-refractivity contribution in [2.24, 2.45) is 0 Å². The molecule has 2 aliphatic rings. The first kappa shape index (κ1) is 42.8. The second kappa shape index (κ2) is 19.9. The molecule has 2 saturated heterocycles. The summed E-state index contributed by atoms with van der Waals surface area (Å²) < 4.78 is 11.0. The molecule has 8 rings (SSSR count). The highest BCUT2D eigenvalue weighted by Gasteiger charge is 2.24. The summed E-state index contributed by atoms with van der Waals surface area (Å²) in [7, 11) is 0. The summed E-state index contributed by atoms with van der Waals surface area (Å²) >= 11 is 0. The van der Waals surface area contributed by atoms with Gasteiger partial charge in [0.25, 0.3) is 0 Å². The van der Waals surface area contributed by atoms with Crippen LogP contribution in [0.2, 0.25) is 0 Å². The summed E-state index contributed by atoms with van der Waals surface area (Å²) in [6.45, 7) is 18.2. The van der Waals surface area contributed by atoms with E-state index in [1.54, 1.807) is 0 Å². The van der Waals surface area contributed by atoms with Gasteiger partial charge >= 0.3 is 11.9 Å². The number of carbonyl (C=O) groups excluding carboxylic acids is 2. The molecule has 6 aromatic rings. The van der Waals surface area contributed by atoms with Crippen molar-refractivity contribution in [3.05, 3.63) is 120 Å². The predicted molar refractivity (Wildman–Crippen MR) is 251 cm³/mol. The van der Waals surface area contributed by atoms with E-state index in [1.165, 1.54) is 21.5 Å². The number of hydrogen-bond acceptors (Lipinski definition) is 10. The van der Waals surface area contributed by atoms with E-state index >= 15 is 0 Å². The van der Waals surface area contributed by atoms with Gasteiger partial charge < -0.3 is 29.1 Å². The standard InChI is InChI=1S/C52H60N6O4/c1-5-55-27-31-57(32-28-55)49-45-13-9-7-11-43(45)35-47(53-49)41-23-19-39(20-24-41)17-15-37(3)61-51(59)52(60)62-38(4)16-18-40-21-25-42(26-22-40)48-36-44-12-8-10-14-46(44)50(54-48)58-33-29-56(6-2)30-34-58/h7-14,19-26,35-38H,5-6,15-18,27-34H2,1-4H3. The van der Waals surface area contributed by atoms with E-state index in [2.05, 4.69) is 143 Å². The van der Waals surface area contributed by atoms with Crippen LogP contribution in [0.5, 0.6) is 0 Å². The van der Waals surface area contributed by atoms with Crippen molar-refractivity contribution in [1.29, 1.82) is 0 Å². The Morgan fingerprint density at radius 1 is 0.532 bits per heavy atom. The first-order chi connectivity index (χ1) is 30.2. The third kappa shape index (κ3) is 10.3. The lowest BCUT2D eigenvalue weighted by Crippen LogP contribution is -2.46. The Labute approximate surface area is 366 Å². The molecule has 0 amide bonds. The number of aromatic nitrogens is 2. The van der Waals surface area contributed by atoms with Crippen LogP contribution in [0.4, 0.5) is 11.6 Å². The van der Waals surface area contributed by atoms with Crippen molar-refractivity contribution in [1.82, 2.24) is 19.8 Å². The van der Waals surface area contributed by atoms with Gasteiger partial charge in [-0.15, -0.1) is 0 Å². The molecule has 0 radical (unpaired) electrons. The summed E-state index contributed by atoms with van der Waals surface area (Å²) in [4.78, 5) is 45.6. The number of nitrogens with zero attached hydrogens (tertiary/aromatic N) is 6. The van der Waals surface area contributed by atoms with Crippen molar-refractivity contribution >= 4 is 45.1 Å². The number of pyridine rings is 2. The highest BCUT2D eigenvalue weighted by Crippen LogP contribution is 2.33. The molecule has 4 heterocycles. The van der Waals surface area contributed by atoms with E-state index in [4.69, 9.17) is 19.4 Å². The number of fused-ring (bicyclic) bond motifs is 2. The predicted octanol–water partition coefficient (Wildman–Crippen LogP) is 8.83. The van der Waals surface area contributed by atoms with E-state index in [0.29, 0.717) is 25.7 Å². The highest BCUT2D eigenvalue weighted by atomic mass is 16.6. The molecule has 62 heavy (non-hydrogen) atoms. The van der Waals surface area contributed by atoms with Crippen LogP contribution in [0.25, 0.3) is 44.1 Å². The van der Waals surface area contributed by atoms with Crippen molar-refractivity contribution in [3.63, 3.8) is 0 Å². The Balaban J connectivity index is 0.800. The van der Waals surface area contributed by atoms with Gasteiger partial charge in [0.2, 0.25) is 0 Å². The van der Waals surface area contributed by atoms with Crippen LogP contribution < -0.4 is 9.80 Å². The molecular weight excluding hydrogens is 773 g/mol. The zero-order valence-electron chi connectivity index (χ0n) is 36.8. The van der Waals surface area contributed by atoms with Crippen molar-refractivity contribution in [3.8, 4) is 22.5 Å². The molecule has 0 N–H and O–H groups in total. The summed E-state index contributed by atoms with van der Waals surface area (Å²) in [6.07, 6.45) is 1.68. The van der Waals surface area contributed by atoms with Gasteiger partial charge in [0.05, 0.1) is 23.6 Å². The lowest BCUT2D eigenvalue weighted by Gasteiger charge is -2.35. The van der Waals surface area contributed by atoms with Crippen LogP contribution in [-0.2, 0) is 31.9 Å². The molecule has 10 nitrogen and oxygen atoms in total. The number of rotatable bonds is 14. The first-order valence-electron chi connectivity index (χ1n) is 22.6. The van der Waals surface area contributed by atoms with Crippen LogP contribution in [0, 0.1) is 0 Å². The van der Waals surface area contributed by atoms with Gasteiger partial charge in [0, 0.05) is 74.3 Å². The number of benzene rings is 4. The average Bonchev–Trinajstić information content (AvgIpc) is 3.32. The third-order valence-electron chi connectivity index (χ3n) is 12.6. The smallest absolute Gasteiger partial charge is 0.417 e. The molecule has 4 aromatic carbocycles. The SMILES string of the molecule is CCN1CCN(c2nc(-c3ccc(CCC(C)OC(=O)C(=O)OC(C)CCc4ccc(-c5cc6ccccc6c(N6CCN(CC)CC6)n5)cc4)cc3)cc3ccccc23)CC1. The van der Waals surface area contributed by atoms with Gasteiger partial charge in [0.15, 0.2) is 0 Å². The Bertz CT molecular complexity index is 2280. The van der Waals surface area contributed by atoms with Crippen LogP contribution in [0.15, 0.2) is 109 Å². The van der Waals surface area contributed by atoms with Crippen LogP contribution in [0.3, 0.4) is 0 Å².